The molecule has 0 N–H and O–H groups in total. The molecule has 1 fully saturated rings. The minimum absolute atomic E-state index is 0.310. The lowest BCUT2D eigenvalue weighted by atomic mass is 9.79. The van der Waals surface area contributed by atoms with E-state index in [0.29, 0.717) is 11.8 Å². The molecule has 0 aromatic heterocycles. The Morgan fingerprint density at radius 3 is 2.32 bits per heavy atom. The summed E-state index contributed by atoms with van der Waals surface area (Å²) < 4.78 is 0. The highest BCUT2D eigenvalue weighted by atomic mass is 14.3. The van der Waals surface area contributed by atoms with Crippen LogP contribution in [-0.4, -0.2) is 0 Å². The van der Waals surface area contributed by atoms with Crippen LogP contribution >= 0.6 is 0 Å². The Morgan fingerprint density at radius 2 is 1.74 bits per heavy atom. The average Bonchev–Trinajstić information content (AvgIpc) is 2.48. The van der Waals surface area contributed by atoms with E-state index in [1.165, 1.54) is 49.7 Å². The molecule has 1 saturated carbocycles. The summed E-state index contributed by atoms with van der Waals surface area (Å²) in [6.07, 6.45) is 9.69. The number of hydrogen-bond donors (Lipinski definition) is 0. The maximum atomic E-state index is 8.94. The van der Waals surface area contributed by atoms with Crippen molar-refractivity contribution in [2.45, 2.75) is 64.2 Å². The highest BCUT2D eigenvalue weighted by Crippen LogP contribution is 2.35. The minimum Gasteiger partial charge on any atom is -0.198 e. The maximum absolute atomic E-state index is 8.94. The molecule has 19 heavy (non-hydrogen) atoms. The normalized spacial score (nSPS) is 22.9. The largest absolute Gasteiger partial charge is 0.198 e. The van der Waals surface area contributed by atoms with Gasteiger partial charge in [0.1, 0.15) is 0 Å². The third-order valence-corrected chi connectivity index (χ3v) is 4.43. The van der Waals surface area contributed by atoms with Gasteiger partial charge in [-0.05, 0) is 55.6 Å². The van der Waals surface area contributed by atoms with Crippen molar-refractivity contribution in [2.24, 2.45) is 5.92 Å². The molecule has 0 saturated heterocycles. The number of aryl methyl sites for hydroxylation is 1. The molecule has 1 aromatic rings. The van der Waals surface area contributed by atoms with Gasteiger partial charge in [0.15, 0.2) is 0 Å². The van der Waals surface area contributed by atoms with Gasteiger partial charge in [0, 0.05) is 5.92 Å². The van der Waals surface area contributed by atoms with Crippen molar-refractivity contribution >= 4 is 0 Å². The van der Waals surface area contributed by atoms with Crippen molar-refractivity contribution in [3.63, 3.8) is 0 Å². The molecule has 1 nitrogen and oxygen atoms in total. The van der Waals surface area contributed by atoms with E-state index >= 15 is 0 Å². The molecule has 0 spiro atoms. The summed E-state index contributed by atoms with van der Waals surface area (Å²) in [4.78, 5) is 0. The summed E-state index contributed by atoms with van der Waals surface area (Å²) in [6, 6.07) is 11.7. The Labute approximate surface area is 117 Å². The molecule has 102 valence electrons. The molecule has 0 unspecified atom stereocenters. The molecular weight excluding hydrogens is 230 g/mol. The molecule has 0 heterocycles. The molecule has 0 amide bonds. The standard InChI is InChI=1S/C18H25N/c1-2-3-4-5-15-6-10-17(11-7-15)18-12-8-16(14-19)9-13-18/h6-7,10-11,16,18H,2-5,8-9,12-13H2,1H3/t16-,18-. The maximum Gasteiger partial charge on any atom is 0.0655 e. The lowest BCUT2D eigenvalue weighted by Crippen LogP contribution is -2.11. The molecule has 0 atom stereocenters. The number of hydrogen-bond acceptors (Lipinski definition) is 1. The number of nitriles is 1. The van der Waals surface area contributed by atoms with E-state index in [1.807, 2.05) is 0 Å². The summed E-state index contributed by atoms with van der Waals surface area (Å²) in [5.74, 6) is 0.999. The van der Waals surface area contributed by atoms with Gasteiger partial charge < -0.3 is 0 Å². The van der Waals surface area contributed by atoms with Gasteiger partial charge in [0.2, 0.25) is 0 Å². The van der Waals surface area contributed by atoms with E-state index in [1.54, 1.807) is 0 Å². The summed E-state index contributed by atoms with van der Waals surface area (Å²) in [7, 11) is 0. The monoisotopic (exact) mass is 255 g/mol. The van der Waals surface area contributed by atoms with Gasteiger partial charge in [-0.15, -0.1) is 0 Å². The van der Waals surface area contributed by atoms with Crippen LogP contribution in [0.5, 0.6) is 0 Å². The molecule has 0 bridgehead atoms. The van der Waals surface area contributed by atoms with E-state index in [4.69, 9.17) is 5.26 Å². The lowest BCUT2D eigenvalue weighted by molar-refractivity contribution is 0.382. The average molecular weight is 255 g/mol. The Bertz CT molecular complexity index is 404. The molecule has 0 aliphatic heterocycles. The fourth-order valence-corrected chi connectivity index (χ4v) is 3.09. The second kappa shape index (κ2) is 7.34. The first-order valence-electron chi connectivity index (χ1n) is 7.82. The van der Waals surface area contributed by atoms with E-state index in [-0.39, 0.29) is 0 Å². The topological polar surface area (TPSA) is 23.8 Å². The molecule has 1 heteroatoms. The fourth-order valence-electron chi connectivity index (χ4n) is 3.09. The predicted molar refractivity (Wildman–Crippen MR) is 80.0 cm³/mol. The zero-order chi connectivity index (χ0) is 13.5. The second-order valence-electron chi connectivity index (χ2n) is 5.88. The highest BCUT2D eigenvalue weighted by molar-refractivity contribution is 5.26. The molecule has 1 aliphatic rings. The van der Waals surface area contributed by atoms with Crippen LogP contribution in [0, 0.1) is 17.2 Å². The van der Waals surface area contributed by atoms with Gasteiger partial charge in [-0.2, -0.15) is 5.26 Å². The summed E-state index contributed by atoms with van der Waals surface area (Å²) in [5, 5.41) is 8.94. The lowest BCUT2D eigenvalue weighted by Gasteiger charge is -2.25. The highest BCUT2D eigenvalue weighted by Gasteiger charge is 2.21. The Hall–Kier alpha value is -1.29. The van der Waals surface area contributed by atoms with Crippen molar-refractivity contribution in [3.8, 4) is 6.07 Å². The number of unbranched alkanes of at least 4 members (excludes halogenated alkanes) is 2. The first kappa shape index (κ1) is 14.1. The van der Waals surface area contributed by atoms with Gasteiger partial charge in [-0.25, -0.2) is 0 Å². The fraction of sp³-hybridized carbons (Fsp3) is 0.611. The van der Waals surface area contributed by atoms with E-state index < -0.39 is 0 Å². The first-order chi connectivity index (χ1) is 9.33. The quantitative estimate of drug-likeness (QED) is 0.662. The number of nitrogens with zero attached hydrogens (tertiary/aromatic N) is 1. The van der Waals surface area contributed by atoms with Crippen LogP contribution < -0.4 is 0 Å². The predicted octanol–water partition coefficient (Wildman–Crippen LogP) is 5.22. The third kappa shape index (κ3) is 4.10. The number of rotatable bonds is 5. The van der Waals surface area contributed by atoms with Gasteiger partial charge in [0.05, 0.1) is 6.07 Å². The summed E-state index contributed by atoms with van der Waals surface area (Å²) in [5.41, 5.74) is 2.96. The van der Waals surface area contributed by atoms with Gasteiger partial charge in [-0.1, -0.05) is 44.0 Å². The van der Waals surface area contributed by atoms with E-state index in [0.717, 1.165) is 12.8 Å². The Morgan fingerprint density at radius 1 is 1.05 bits per heavy atom. The number of benzene rings is 1. The minimum atomic E-state index is 0.310. The van der Waals surface area contributed by atoms with Crippen LogP contribution in [0.3, 0.4) is 0 Å². The molecule has 1 aliphatic carbocycles. The van der Waals surface area contributed by atoms with Crippen LogP contribution in [-0.2, 0) is 6.42 Å². The van der Waals surface area contributed by atoms with Crippen LogP contribution in [0.4, 0.5) is 0 Å². The third-order valence-electron chi connectivity index (χ3n) is 4.43. The molecule has 2 rings (SSSR count). The van der Waals surface area contributed by atoms with Crippen molar-refractivity contribution < 1.29 is 0 Å². The first-order valence-corrected chi connectivity index (χ1v) is 7.82. The van der Waals surface area contributed by atoms with Gasteiger partial charge in [0.25, 0.3) is 0 Å². The van der Waals surface area contributed by atoms with Crippen molar-refractivity contribution in [1.82, 2.24) is 0 Å². The molecular formula is C18H25N. The van der Waals surface area contributed by atoms with Gasteiger partial charge >= 0.3 is 0 Å². The van der Waals surface area contributed by atoms with Gasteiger partial charge in [-0.3, -0.25) is 0 Å². The van der Waals surface area contributed by atoms with Crippen LogP contribution in [0.2, 0.25) is 0 Å². The van der Waals surface area contributed by atoms with Crippen LogP contribution in [0.25, 0.3) is 0 Å². The SMILES string of the molecule is CCCCCc1ccc([C@H]2CC[C@H](C#N)CC2)cc1. The Balaban J connectivity index is 1.86. The smallest absolute Gasteiger partial charge is 0.0655 e. The van der Waals surface area contributed by atoms with E-state index in [9.17, 15) is 0 Å². The summed E-state index contributed by atoms with van der Waals surface area (Å²) >= 11 is 0. The van der Waals surface area contributed by atoms with Crippen LogP contribution in [0.15, 0.2) is 24.3 Å². The van der Waals surface area contributed by atoms with E-state index in [2.05, 4.69) is 37.3 Å². The van der Waals surface area contributed by atoms with Crippen molar-refractivity contribution in [2.75, 3.05) is 0 Å². The zero-order valence-corrected chi connectivity index (χ0v) is 12.1. The second-order valence-corrected chi connectivity index (χ2v) is 5.88. The Kier molecular flexibility index (Phi) is 5.45. The summed E-state index contributed by atoms with van der Waals surface area (Å²) in [6.45, 7) is 2.25. The molecule has 1 aromatic carbocycles. The zero-order valence-electron chi connectivity index (χ0n) is 12.1. The van der Waals surface area contributed by atoms with Crippen molar-refractivity contribution in [1.29, 1.82) is 5.26 Å². The molecule has 0 radical (unpaired) electrons. The van der Waals surface area contributed by atoms with Crippen molar-refractivity contribution in [3.05, 3.63) is 35.4 Å². The van der Waals surface area contributed by atoms with Crippen LogP contribution in [0.1, 0.15) is 68.9 Å².